The van der Waals surface area contributed by atoms with E-state index in [1.807, 2.05) is 19.1 Å². The lowest BCUT2D eigenvalue weighted by Gasteiger charge is -2.23. The Kier molecular flexibility index (Phi) is 3.47. The summed E-state index contributed by atoms with van der Waals surface area (Å²) in [5, 5.41) is 3.41. The first-order valence-electron chi connectivity index (χ1n) is 6.46. The predicted molar refractivity (Wildman–Crippen MR) is 81.8 cm³/mol. The molecule has 0 radical (unpaired) electrons. The number of anilines is 3. The molecule has 19 heavy (non-hydrogen) atoms. The van der Waals surface area contributed by atoms with Crippen LogP contribution in [-0.2, 0) is 5.41 Å². The van der Waals surface area contributed by atoms with Gasteiger partial charge in [-0.15, -0.1) is 0 Å². The maximum absolute atomic E-state index is 5.73. The van der Waals surface area contributed by atoms with Crippen molar-refractivity contribution < 1.29 is 0 Å². The average Bonchev–Trinajstić information content (AvgIpc) is 2.32. The molecule has 0 spiro atoms. The topological polar surface area (TPSA) is 50.9 Å². The van der Waals surface area contributed by atoms with Gasteiger partial charge in [0.25, 0.3) is 0 Å². The van der Waals surface area contributed by atoms with E-state index < -0.39 is 0 Å². The van der Waals surface area contributed by atoms with Crippen LogP contribution in [0.5, 0.6) is 0 Å². The molecule has 0 bridgehead atoms. The van der Waals surface area contributed by atoms with Gasteiger partial charge in [0.1, 0.15) is 5.82 Å². The first kappa shape index (κ1) is 13.4. The van der Waals surface area contributed by atoms with Crippen molar-refractivity contribution in [1.82, 2.24) is 4.98 Å². The number of para-hydroxylation sites is 1. The van der Waals surface area contributed by atoms with Crippen LogP contribution in [0.15, 0.2) is 36.5 Å². The first-order chi connectivity index (χ1) is 8.88. The molecule has 2 aromatic rings. The fraction of sp³-hybridized carbons (Fsp3) is 0.312. The van der Waals surface area contributed by atoms with Gasteiger partial charge in [0.05, 0.1) is 11.9 Å². The molecule has 100 valence electrons. The van der Waals surface area contributed by atoms with Gasteiger partial charge in [-0.1, -0.05) is 39.0 Å². The van der Waals surface area contributed by atoms with E-state index in [2.05, 4.69) is 49.3 Å². The fourth-order valence-corrected chi connectivity index (χ4v) is 2.10. The Bertz CT molecular complexity index is 583. The third-order valence-electron chi connectivity index (χ3n) is 3.09. The molecular formula is C16H21N3. The lowest BCUT2D eigenvalue weighted by Crippen LogP contribution is -2.14. The van der Waals surface area contributed by atoms with Gasteiger partial charge in [-0.05, 0) is 35.6 Å². The van der Waals surface area contributed by atoms with Crippen LogP contribution in [0.25, 0.3) is 0 Å². The summed E-state index contributed by atoms with van der Waals surface area (Å²) in [6.45, 7) is 8.62. The van der Waals surface area contributed by atoms with Gasteiger partial charge in [0.2, 0.25) is 0 Å². The van der Waals surface area contributed by atoms with Gasteiger partial charge in [-0.2, -0.15) is 0 Å². The number of nitrogens with two attached hydrogens (primary N) is 1. The van der Waals surface area contributed by atoms with Crippen molar-refractivity contribution in [2.45, 2.75) is 33.1 Å². The molecule has 0 aliphatic heterocycles. The molecule has 1 aromatic carbocycles. The SMILES string of the molecule is Cc1cc(N)cnc1Nc1ccccc1C(C)(C)C. The highest BCUT2D eigenvalue weighted by Crippen LogP contribution is 2.31. The van der Waals surface area contributed by atoms with E-state index in [1.165, 1.54) is 5.56 Å². The van der Waals surface area contributed by atoms with Crippen molar-refractivity contribution in [3.63, 3.8) is 0 Å². The molecule has 2 rings (SSSR count). The number of rotatable bonds is 2. The summed E-state index contributed by atoms with van der Waals surface area (Å²) in [6.07, 6.45) is 1.68. The van der Waals surface area contributed by atoms with Crippen molar-refractivity contribution in [1.29, 1.82) is 0 Å². The lowest BCUT2D eigenvalue weighted by molar-refractivity contribution is 0.592. The fourth-order valence-electron chi connectivity index (χ4n) is 2.10. The summed E-state index contributed by atoms with van der Waals surface area (Å²) in [7, 11) is 0. The van der Waals surface area contributed by atoms with Crippen molar-refractivity contribution >= 4 is 17.2 Å². The molecular weight excluding hydrogens is 234 g/mol. The van der Waals surface area contributed by atoms with Gasteiger partial charge in [0, 0.05) is 5.69 Å². The van der Waals surface area contributed by atoms with Crippen LogP contribution in [0, 0.1) is 6.92 Å². The van der Waals surface area contributed by atoms with E-state index in [1.54, 1.807) is 6.20 Å². The van der Waals surface area contributed by atoms with Crippen LogP contribution >= 0.6 is 0 Å². The van der Waals surface area contributed by atoms with Crippen LogP contribution in [0.3, 0.4) is 0 Å². The van der Waals surface area contributed by atoms with E-state index >= 15 is 0 Å². The zero-order valence-corrected chi connectivity index (χ0v) is 12.0. The summed E-state index contributed by atoms with van der Waals surface area (Å²) >= 11 is 0. The third-order valence-corrected chi connectivity index (χ3v) is 3.09. The van der Waals surface area contributed by atoms with Crippen LogP contribution in [0.2, 0.25) is 0 Å². The number of pyridine rings is 1. The molecule has 1 aromatic heterocycles. The molecule has 0 saturated heterocycles. The second-order valence-electron chi connectivity index (χ2n) is 5.85. The quantitative estimate of drug-likeness (QED) is 0.852. The Morgan fingerprint density at radius 2 is 1.84 bits per heavy atom. The number of nitrogens with one attached hydrogen (secondary N) is 1. The largest absolute Gasteiger partial charge is 0.397 e. The second-order valence-corrected chi connectivity index (χ2v) is 5.85. The molecule has 3 N–H and O–H groups in total. The monoisotopic (exact) mass is 255 g/mol. The van der Waals surface area contributed by atoms with Crippen LogP contribution in [0.1, 0.15) is 31.9 Å². The van der Waals surface area contributed by atoms with Crippen molar-refractivity contribution in [2.75, 3.05) is 11.1 Å². The number of hydrogen-bond donors (Lipinski definition) is 2. The van der Waals surface area contributed by atoms with E-state index in [9.17, 15) is 0 Å². The van der Waals surface area contributed by atoms with Gasteiger partial charge < -0.3 is 11.1 Å². The summed E-state index contributed by atoms with van der Waals surface area (Å²) in [5.41, 5.74) is 9.91. The van der Waals surface area contributed by atoms with Gasteiger partial charge in [0.15, 0.2) is 0 Å². The minimum absolute atomic E-state index is 0.0886. The number of aromatic nitrogens is 1. The van der Waals surface area contributed by atoms with Crippen LogP contribution < -0.4 is 11.1 Å². The highest BCUT2D eigenvalue weighted by molar-refractivity contribution is 5.65. The number of hydrogen-bond acceptors (Lipinski definition) is 3. The third kappa shape index (κ3) is 3.05. The van der Waals surface area contributed by atoms with Gasteiger partial charge in [-0.3, -0.25) is 0 Å². The molecule has 0 fully saturated rings. The number of benzene rings is 1. The van der Waals surface area contributed by atoms with Crippen molar-refractivity contribution in [2.24, 2.45) is 0 Å². The lowest BCUT2D eigenvalue weighted by atomic mass is 9.86. The predicted octanol–water partition coefficient (Wildman–Crippen LogP) is 4.01. The zero-order valence-electron chi connectivity index (χ0n) is 12.0. The average molecular weight is 255 g/mol. The maximum atomic E-state index is 5.73. The Morgan fingerprint density at radius 3 is 2.47 bits per heavy atom. The van der Waals surface area contributed by atoms with Gasteiger partial charge >= 0.3 is 0 Å². The van der Waals surface area contributed by atoms with Crippen molar-refractivity contribution in [3.05, 3.63) is 47.7 Å². The van der Waals surface area contributed by atoms with Crippen LogP contribution in [-0.4, -0.2) is 4.98 Å². The van der Waals surface area contributed by atoms with Crippen molar-refractivity contribution in [3.8, 4) is 0 Å². The summed E-state index contributed by atoms with van der Waals surface area (Å²) in [4.78, 5) is 4.36. The number of nitrogens with zero attached hydrogens (tertiary/aromatic N) is 1. The summed E-state index contributed by atoms with van der Waals surface area (Å²) in [5.74, 6) is 0.853. The standard InChI is InChI=1S/C16H21N3/c1-11-9-12(17)10-18-15(11)19-14-8-6-5-7-13(14)16(2,3)4/h5-10H,17H2,1-4H3,(H,18,19). The molecule has 1 heterocycles. The molecule has 0 saturated carbocycles. The number of aryl methyl sites for hydroxylation is 1. The van der Waals surface area contributed by atoms with Gasteiger partial charge in [-0.25, -0.2) is 4.98 Å². The van der Waals surface area contributed by atoms with E-state index in [-0.39, 0.29) is 5.41 Å². The molecule has 0 aliphatic carbocycles. The zero-order chi connectivity index (χ0) is 14.0. The Balaban J connectivity index is 2.39. The molecule has 3 heteroatoms. The molecule has 0 amide bonds. The van der Waals surface area contributed by atoms with E-state index in [0.29, 0.717) is 5.69 Å². The second kappa shape index (κ2) is 4.92. The van der Waals surface area contributed by atoms with E-state index in [0.717, 1.165) is 17.1 Å². The summed E-state index contributed by atoms with van der Waals surface area (Å²) in [6, 6.07) is 10.3. The highest BCUT2D eigenvalue weighted by Gasteiger charge is 2.17. The number of nitrogen functional groups attached to an aromatic ring is 1. The molecule has 0 aliphatic rings. The minimum atomic E-state index is 0.0886. The van der Waals surface area contributed by atoms with E-state index in [4.69, 9.17) is 5.73 Å². The maximum Gasteiger partial charge on any atom is 0.133 e. The minimum Gasteiger partial charge on any atom is -0.397 e. The normalized spacial score (nSPS) is 11.4. The smallest absolute Gasteiger partial charge is 0.133 e. The molecule has 3 nitrogen and oxygen atoms in total. The Morgan fingerprint density at radius 1 is 1.16 bits per heavy atom. The first-order valence-corrected chi connectivity index (χ1v) is 6.46. The Labute approximate surface area is 114 Å². The summed E-state index contributed by atoms with van der Waals surface area (Å²) < 4.78 is 0. The molecule has 0 atom stereocenters. The van der Waals surface area contributed by atoms with Crippen LogP contribution in [0.4, 0.5) is 17.2 Å². The molecule has 0 unspecified atom stereocenters. The highest BCUT2D eigenvalue weighted by atomic mass is 15.0. The Hall–Kier alpha value is -2.03.